The summed E-state index contributed by atoms with van der Waals surface area (Å²) in [6.07, 6.45) is 6.45. The Morgan fingerprint density at radius 2 is 2.07 bits per heavy atom. The standard InChI is InChI=1S/C20H30N4O3/c1-15(2)7-11-24-12-9-20(10-13-24)8-6-16(27-20)14-21-19(26)17-4-5-18(25)23(3)22-17/h4-5,7,16H,6,8-14H2,1-3H3,(H,21,26)/t16-/m0/s1. The van der Waals surface area contributed by atoms with Gasteiger partial charge in [0.1, 0.15) is 5.69 Å². The zero-order valence-electron chi connectivity index (χ0n) is 16.5. The van der Waals surface area contributed by atoms with Gasteiger partial charge in [0.2, 0.25) is 0 Å². The smallest absolute Gasteiger partial charge is 0.271 e. The molecule has 1 aromatic heterocycles. The second-order valence-corrected chi connectivity index (χ2v) is 7.93. The summed E-state index contributed by atoms with van der Waals surface area (Å²) in [5.41, 5.74) is 1.35. The van der Waals surface area contributed by atoms with Crippen LogP contribution in [-0.2, 0) is 11.8 Å². The fourth-order valence-corrected chi connectivity index (χ4v) is 3.78. The predicted octanol–water partition coefficient (Wildman–Crippen LogP) is 1.49. The number of carbonyl (C=O) groups is 1. The van der Waals surface area contributed by atoms with Gasteiger partial charge in [0.05, 0.1) is 11.7 Å². The van der Waals surface area contributed by atoms with Crippen molar-refractivity contribution in [1.82, 2.24) is 20.0 Å². The van der Waals surface area contributed by atoms with Crippen molar-refractivity contribution in [2.75, 3.05) is 26.2 Å². The van der Waals surface area contributed by atoms with Crippen LogP contribution in [0, 0.1) is 0 Å². The largest absolute Gasteiger partial charge is 0.370 e. The lowest BCUT2D eigenvalue weighted by molar-refractivity contribution is -0.0741. The molecular formula is C20H30N4O3. The third kappa shape index (κ3) is 5.05. The van der Waals surface area contributed by atoms with Crippen molar-refractivity contribution in [2.24, 2.45) is 7.05 Å². The summed E-state index contributed by atoms with van der Waals surface area (Å²) >= 11 is 0. The highest BCUT2D eigenvalue weighted by Crippen LogP contribution is 2.38. The van der Waals surface area contributed by atoms with E-state index < -0.39 is 0 Å². The van der Waals surface area contributed by atoms with Gasteiger partial charge in [0, 0.05) is 39.3 Å². The molecule has 1 atom stereocenters. The van der Waals surface area contributed by atoms with Crippen molar-refractivity contribution < 1.29 is 9.53 Å². The van der Waals surface area contributed by atoms with Crippen molar-refractivity contribution >= 4 is 5.91 Å². The number of nitrogens with one attached hydrogen (secondary N) is 1. The van der Waals surface area contributed by atoms with Crippen LogP contribution in [-0.4, -0.2) is 58.5 Å². The van der Waals surface area contributed by atoms with Gasteiger partial charge in [0.25, 0.3) is 11.5 Å². The van der Waals surface area contributed by atoms with Crippen LogP contribution in [0.1, 0.15) is 50.0 Å². The van der Waals surface area contributed by atoms with Gasteiger partial charge < -0.3 is 10.1 Å². The first-order valence-electron chi connectivity index (χ1n) is 9.73. The summed E-state index contributed by atoms with van der Waals surface area (Å²) < 4.78 is 7.53. The van der Waals surface area contributed by atoms with Gasteiger partial charge in [-0.25, -0.2) is 4.68 Å². The van der Waals surface area contributed by atoms with Gasteiger partial charge in [0.15, 0.2) is 0 Å². The molecule has 7 heteroatoms. The van der Waals surface area contributed by atoms with Crippen molar-refractivity contribution in [3.05, 3.63) is 39.8 Å². The molecule has 148 valence electrons. The van der Waals surface area contributed by atoms with Crippen molar-refractivity contribution in [3.63, 3.8) is 0 Å². The predicted molar refractivity (Wildman–Crippen MR) is 104 cm³/mol. The molecule has 0 aromatic carbocycles. The molecule has 2 fully saturated rings. The van der Waals surface area contributed by atoms with Crippen LogP contribution in [0.5, 0.6) is 0 Å². The van der Waals surface area contributed by atoms with E-state index in [4.69, 9.17) is 4.74 Å². The molecule has 0 saturated carbocycles. The maximum Gasteiger partial charge on any atom is 0.271 e. The van der Waals surface area contributed by atoms with E-state index >= 15 is 0 Å². The van der Waals surface area contributed by atoms with Crippen LogP contribution < -0.4 is 10.9 Å². The molecule has 3 heterocycles. The Bertz CT molecular complexity index is 759. The maximum absolute atomic E-state index is 12.2. The average molecular weight is 374 g/mol. The average Bonchev–Trinajstić information content (AvgIpc) is 3.04. The topological polar surface area (TPSA) is 76.5 Å². The van der Waals surface area contributed by atoms with Gasteiger partial charge in [-0.3, -0.25) is 14.5 Å². The Kier molecular flexibility index (Phi) is 6.11. The number of aromatic nitrogens is 2. The van der Waals surface area contributed by atoms with E-state index in [0.717, 1.165) is 45.3 Å². The molecule has 0 unspecified atom stereocenters. The Morgan fingerprint density at radius 3 is 2.74 bits per heavy atom. The van der Waals surface area contributed by atoms with Crippen LogP contribution in [0.25, 0.3) is 0 Å². The van der Waals surface area contributed by atoms with E-state index in [1.54, 1.807) is 0 Å². The number of amides is 1. The molecule has 27 heavy (non-hydrogen) atoms. The van der Waals surface area contributed by atoms with Gasteiger partial charge in [-0.15, -0.1) is 0 Å². The highest BCUT2D eigenvalue weighted by molar-refractivity contribution is 5.91. The molecule has 2 saturated heterocycles. The quantitative estimate of drug-likeness (QED) is 0.791. The Morgan fingerprint density at radius 1 is 1.33 bits per heavy atom. The molecule has 7 nitrogen and oxygen atoms in total. The Balaban J connectivity index is 1.46. The van der Waals surface area contributed by atoms with E-state index in [-0.39, 0.29) is 28.9 Å². The zero-order chi connectivity index (χ0) is 19.4. The molecular weight excluding hydrogens is 344 g/mol. The molecule has 0 radical (unpaired) electrons. The molecule has 1 N–H and O–H groups in total. The van der Waals surface area contributed by atoms with Crippen molar-refractivity contribution in [1.29, 1.82) is 0 Å². The highest BCUT2D eigenvalue weighted by Gasteiger charge is 2.42. The van der Waals surface area contributed by atoms with E-state index in [0.29, 0.717) is 6.54 Å². The summed E-state index contributed by atoms with van der Waals surface area (Å²) in [4.78, 5) is 26.1. The van der Waals surface area contributed by atoms with Crippen LogP contribution in [0.4, 0.5) is 0 Å². The molecule has 0 bridgehead atoms. The number of hydrogen-bond acceptors (Lipinski definition) is 5. The molecule has 2 aliphatic heterocycles. The molecule has 1 aromatic rings. The fourth-order valence-electron chi connectivity index (χ4n) is 3.78. The minimum atomic E-state index is -0.272. The minimum Gasteiger partial charge on any atom is -0.370 e. The van der Waals surface area contributed by atoms with Crippen LogP contribution in [0.2, 0.25) is 0 Å². The molecule has 2 aliphatic rings. The Hall–Kier alpha value is -1.99. The van der Waals surface area contributed by atoms with Crippen LogP contribution in [0.15, 0.2) is 28.6 Å². The lowest BCUT2D eigenvalue weighted by Crippen LogP contribution is -2.45. The number of ether oxygens (including phenoxy) is 1. The summed E-state index contributed by atoms with van der Waals surface area (Å²) in [6.45, 7) is 7.89. The number of rotatable bonds is 5. The Labute approximate surface area is 160 Å². The SMILES string of the molecule is CC(C)=CCN1CCC2(CC[C@@H](CNC(=O)c3ccc(=O)n(C)n3)O2)CC1. The lowest BCUT2D eigenvalue weighted by atomic mass is 9.88. The molecule has 0 aliphatic carbocycles. The maximum atomic E-state index is 12.2. The number of hydrogen-bond donors (Lipinski definition) is 1. The number of carbonyl (C=O) groups excluding carboxylic acids is 1. The molecule has 1 amide bonds. The van der Waals surface area contributed by atoms with Gasteiger partial charge in [-0.2, -0.15) is 5.10 Å². The third-order valence-electron chi connectivity index (χ3n) is 5.55. The number of likely N-dealkylation sites (tertiary alicyclic amines) is 1. The summed E-state index contributed by atoms with van der Waals surface area (Å²) in [6, 6.07) is 2.81. The van der Waals surface area contributed by atoms with Crippen LogP contribution in [0.3, 0.4) is 0 Å². The van der Waals surface area contributed by atoms with E-state index in [2.05, 4.69) is 35.2 Å². The third-order valence-corrected chi connectivity index (χ3v) is 5.55. The van der Waals surface area contributed by atoms with Crippen molar-refractivity contribution in [2.45, 2.75) is 51.2 Å². The van der Waals surface area contributed by atoms with E-state index in [1.807, 2.05) is 0 Å². The number of piperidine rings is 1. The summed E-state index contributed by atoms with van der Waals surface area (Å²) in [7, 11) is 1.53. The molecule has 1 spiro atoms. The number of nitrogens with zero attached hydrogens (tertiary/aromatic N) is 3. The molecule has 3 rings (SSSR count). The summed E-state index contributed by atoms with van der Waals surface area (Å²) in [5, 5.41) is 6.87. The van der Waals surface area contributed by atoms with Gasteiger partial charge in [-0.1, -0.05) is 11.6 Å². The lowest BCUT2D eigenvalue weighted by Gasteiger charge is -2.39. The monoisotopic (exact) mass is 374 g/mol. The van der Waals surface area contributed by atoms with Gasteiger partial charge >= 0.3 is 0 Å². The van der Waals surface area contributed by atoms with E-state index in [9.17, 15) is 9.59 Å². The minimum absolute atomic E-state index is 0.0221. The van der Waals surface area contributed by atoms with Crippen LogP contribution >= 0.6 is 0 Å². The first-order valence-corrected chi connectivity index (χ1v) is 9.73. The number of allylic oxidation sites excluding steroid dienone is 1. The summed E-state index contributed by atoms with van der Waals surface area (Å²) in [5.74, 6) is -0.272. The number of aryl methyl sites for hydroxylation is 1. The fraction of sp³-hybridized carbons (Fsp3) is 0.650. The first-order chi connectivity index (χ1) is 12.9. The van der Waals surface area contributed by atoms with E-state index in [1.165, 1.54) is 29.4 Å². The van der Waals surface area contributed by atoms with Crippen molar-refractivity contribution in [3.8, 4) is 0 Å². The second-order valence-electron chi connectivity index (χ2n) is 7.93. The zero-order valence-corrected chi connectivity index (χ0v) is 16.5. The normalized spacial score (nSPS) is 22.0. The van der Waals surface area contributed by atoms with Gasteiger partial charge in [-0.05, 0) is 45.6 Å². The highest BCUT2D eigenvalue weighted by atomic mass is 16.5. The second kappa shape index (κ2) is 8.35. The first kappa shape index (κ1) is 19.8.